The number of aromatic nitrogens is 1. The van der Waals surface area contributed by atoms with E-state index >= 15 is 0 Å². The molecule has 1 amide bonds. The van der Waals surface area contributed by atoms with Crippen LogP contribution >= 0.6 is 15.9 Å². The smallest absolute Gasteiger partial charge is 0.241 e. The summed E-state index contributed by atoms with van der Waals surface area (Å²) in [4.78, 5) is 18.1. The minimum atomic E-state index is -0.665. The van der Waals surface area contributed by atoms with E-state index in [1.54, 1.807) is 0 Å². The van der Waals surface area contributed by atoms with Crippen LogP contribution in [0, 0.1) is 5.82 Å². The van der Waals surface area contributed by atoms with E-state index in [1.165, 1.54) is 17.2 Å². The fourth-order valence-corrected chi connectivity index (χ4v) is 3.44. The van der Waals surface area contributed by atoms with Gasteiger partial charge in [-0.2, -0.15) is 0 Å². The number of hydrogen-bond acceptors (Lipinski definition) is 2. The molecule has 0 unspecified atom stereocenters. The molecule has 102 valence electrons. The summed E-state index contributed by atoms with van der Waals surface area (Å²) in [5.74, 6) is -0.552. The van der Waals surface area contributed by atoms with Gasteiger partial charge in [0.25, 0.3) is 0 Å². The molecule has 0 aliphatic carbocycles. The van der Waals surface area contributed by atoms with Crippen molar-refractivity contribution in [3.05, 3.63) is 52.5 Å². The van der Waals surface area contributed by atoms with E-state index in [9.17, 15) is 9.18 Å². The van der Waals surface area contributed by atoms with Gasteiger partial charge in [0, 0.05) is 16.1 Å². The van der Waals surface area contributed by atoms with Crippen molar-refractivity contribution in [2.24, 2.45) is 0 Å². The Kier molecular flexibility index (Phi) is 2.90. The number of amides is 1. The fourth-order valence-electron chi connectivity index (χ4n) is 2.59. The minimum absolute atomic E-state index is 0.0909. The van der Waals surface area contributed by atoms with E-state index in [4.69, 9.17) is 0 Å². The van der Waals surface area contributed by atoms with Gasteiger partial charge in [-0.05, 0) is 26.0 Å². The number of carbonyl (C=O) groups excluding carboxylic acids is 1. The topological polar surface area (TPSA) is 33.2 Å². The maximum Gasteiger partial charge on any atom is 0.241 e. The zero-order chi connectivity index (χ0) is 14.5. The molecule has 0 bridgehead atoms. The molecule has 0 spiro atoms. The Bertz CT molecular complexity index is 715. The van der Waals surface area contributed by atoms with Crippen LogP contribution < -0.4 is 4.90 Å². The second-order valence-corrected chi connectivity index (χ2v) is 6.12. The lowest BCUT2D eigenvalue weighted by Gasteiger charge is -2.20. The monoisotopic (exact) mass is 334 g/mol. The van der Waals surface area contributed by atoms with Gasteiger partial charge in [-0.15, -0.1) is 0 Å². The predicted molar refractivity (Wildman–Crippen MR) is 78.5 cm³/mol. The van der Waals surface area contributed by atoms with Crippen molar-refractivity contribution in [2.45, 2.75) is 19.3 Å². The van der Waals surface area contributed by atoms with E-state index in [1.807, 2.05) is 32.0 Å². The Balaban J connectivity index is 2.25. The molecular formula is C15H12BrFN2O. The van der Waals surface area contributed by atoms with Crippen LogP contribution in [0.4, 0.5) is 15.8 Å². The largest absolute Gasteiger partial charge is 0.278 e. The standard InChI is InChI=1S/C15H12BrFN2O/c1-15(2)13-11(16)4-3-5-12(13)19(14(15)20)10-6-9(17)7-18-8-10/h3-8H,1-2H3. The summed E-state index contributed by atoms with van der Waals surface area (Å²) >= 11 is 3.50. The Morgan fingerprint density at radius 3 is 2.75 bits per heavy atom. The van der Waals surface area contributed by atoms with Crippen molar-refractivity contribution in [3.63, 3.8) is 0 Å². The van der Waals surface area contributed by atoms with Crippen LogP contribution in [0.2, 0.25) is 0 Å². The number of carbonyl (C=O) groups is 1. The van der Waals surface area contributed by atoms with Gasteiger partial charge in [-0.3, -0.25) is 14.7 Å². The van der Waals surface area contributed by atoms with Crippen LogP contribution in [0.15, 0.2) is 41.1 Å². The summed E-state index contributed by atoms with van der Waals surface area (Å²) in [6, 6.07) is 6.94. The lowest BCUT2D eigenvalue weighted by molar-refractivity contribution is -0.121. The molecule has 20 heavy (non-hydrogen) atoms. The highest BCUT2D eigenvalue weighted by Gasteiger charge is 2.45. The average molecular weight is 335 g/mol. The van der Waals surface area contributed by atoms with Crippen molar-refractivity contribution in [1.29, 1.82) is 0 Å². The van der Waals surface area contributed by atoms with Crippen LogP contribution in [0.1, 0.15) is 19.4 Å². The van der Waals surface area contributed by atoms with Crippen molar-refractivity contribution >= 4 is 33.2 Å². The lowest BCUT2D eigenvalue weighted by atomic mass is 9.86. The first-order valence-electron chi connectivity index (χ1n) is 6.17. The van der Waals surface area contributed by atoms with Crippen molar-refractivity contribution in [2.75, 3.05) is 4.90 Å². The number of fused-ring (bicyclic) bond motifs is 1. The molecule has 0 saturated heterocycles. The molecule has 1 aromatic carbocycles. The summed E-state index contributed by atoms with van der Waals surface area (Å²) < 4.78 is 14.3. The summed E-state index contributed by atoms with van der Waals surface area (Å²) in [6.45, 7) is 3.73. The minimum Gasteiger partial charge on any atom is -0.278 e. The number of pyridine rings is 1. The van der Waals surface area contributed by atoms with Gasteiger partial charge in [-0.25, -0.2) is 4.39 Å². The quantitative estimate of drug-likeness (QED) is 0.791. The molecule has 1 aromatic heterocycles. The third-order valence-corrected chi connectivity index (χ3v) is 4.20. The van der Waals surface area contributed by atoms with E-state index < -0.39 is 11.2 Å². The Morgan fingerprint density at radius 2 is 2.05 bits per heavy atom. The molecule has 3 rings (SSSR count). The first-order valence-corrected chi connectivity index (χ1v) is 6.96. The first-order chi connectivity index (χ1) is 9.43. The van der Waals surface area contributed by atoms with E-state index in [0.29, 0.717) is 5.69 Å². The molecule has 0 atom stereocenters. The number of halogens is 2. The maximum absolute atomic E-state index is 13.4. The summed E-state index contributed by atoms with van der Waals surface area (Å²) in [5, 5.41) is 0. The second-order valence-electron chi connectivity index (χ2n) is 5.26. The van der Waals surface area contributed by atoms with Crippen molar-refractivity contribution < 1.29 is 9.18 Å². The second kappa shape index (κ2) is 4.38. The molecule has 1 aliphatic rings. The van der Waals surface area contributed by atoms with E-state index in [2.05, 4.69) is 20.9 Å². The van der Waals surface area contributed by atoms with Crippen LogP contribution in [0.25, 0.3) is 0 Å². The van der Waals surface area contributed by atoms with Gasteiger partial charge >= 0.3 is 0 Å². The fraction of sp³-hybridized carbons (Fsp3) is 0.200. The maximum atomic E-state index is 13.4. The van der Waals surface area contributed by atoms with E-state index in [-0.39, 0.29) is 5.91 Å². The van der Waals surface area contributed by atoms with E-state index in [0.717, 1.165) is 21.9 Å². The zero-order valence-electron chi connectivity index (χ0n) is 11.0. The number of anilines is 2. The highest BCUT2D eigenvalue weighted by atomic mass is 79.9. The Hall–Kier alpha value is -1.75. The van der Waals surface area contributed by atoms with Gasteiger partial charge in [0.2, 0.25) is 5.91 Å². The third kappa shape index (κ3) is 1.77. The highest BCUT2D eigenvalue weighted by Crippen LogP contribution is 2.48. The van der Waals surface area contributed by atoms with Crippen LogP contribution in [0.5, 0.6) is 0 Å². The molecule has 0 fully saturated rings. The molecule has 0 radical (unpaired) electrons. The molecular weight excluding hydrogens is 323 g/mol. The molecule has 1 aliphatic heterocycles. The Labute approximate surface area is 124 Å². The third-order valence-electron chi connectivity index (χ3n) is 3.54. The predicted octanol–water partition coefficient (Wildman–Crippen LogP) is 3.94. The van der Waals surface area contributed by atoms with Gasteiger partial charge in [0.1, 0.15) is 5.82 Å². The molecule has 0 saturated carbocycles. The number of rotatable bonds is 1. The number of benzene rings is 1. The van der Waals surface area contributed by atoms with Crippen molar-refractivity contribution in [3.8, 4) is 0 Å². The summed E-state index contributed by atoms with van der Waals surface area (Å²) in [7, 11) is 0. The number of nitrogens with zero attached hydrogens (tertiary/aromatic N) is 2. The number of hydrogen-bond donors (Lipinski definition) is 0. The SMILES string of the molecule is CC1(C)C(=O)N(c2cncc(F)c2)c2cccc(Br)c21. The van der Waals surface area contributed by atoms with Crippen LogP contribution in [0.3, 0.4) is 0 Å². The van der Waals surface area contributed by atoms with Crippen LogP contribution in [-0.2, 0) is 10.2 Å². The van der Waals surface area contributed by atoms with Crippen LogP contribution in [-0.4, -0.2) is 10.9 Å². The summed E-state index contributed by atoms with van der Waals surface area (Å²) in [5.41, 5.74) is 1.46. The van der Waals surface area contributed by atoms with Gasteiger partial charge < -0.3 is 0 Å². The molecule has 2 heterocycles. The normalized spacial score (nSPS) is 16.4. The average Bonchev–Trinajstić information content (AvgIpc) is 2.58. The molecule has 5 heteroatoms. The summed E-state index contributed by atoms with van der Waals surface area (Å²) in [6.07, 6.45) is 2.62. The van der Waals surface area contributed by atoms with Gasteiger partial charge in [-0.1, -0.05) is 22.0 Å². The van der Waals surface area contributed by atoms with Gasteiger partial charge in [0.05, 0.1) is 29.2 Å². The Morgan fingerprint density at radius 1 is 1.30 bits per heavy atom. The molecule has 2 aromatic rings. The molecule has 0 N–H and O–H groups in total. The zero-order valence-corrected chi connectivity index (χ0v) is 12.6. The first kappa shape index (κ1) is 13.2. The lowest BCUT2D eigenvalue weighted by Crippen LogP contribution is -2.33. The highest BCUT2D eigenvalue weighted by molar-refractivity contribution is 9.10. The van der Waals surface area contributed by atoms with Gasteiger partial charge in [0.15, 0.2) is 0 Å². The van der Waals surface area contributed by atoms with Crippen molar-refractivity contribution in [1.82, 2.24) is 4.98 Å². The molecule has 3 nitrogen and oxygen atoms in total.